The summed E-state index contributed by atoms with van der Waals surface area (Å²) in [7, 11) is 0. The molecule has 2 aliphatic heterocycles. The predicted molar refractivity (Wildman–Crippen MR) is 78.4 cm³/mol. The van der Waals surface area contributed by atoms with Crippen molar-refractivity contribution in [1.29, 1.82) is 0 Å². The molecule has 1 spiro atoms. The van der Waals surface area contributed by atoms with Gasteiger partial charge in [0, 0.05) is 19.1 Å². The van der Waals surface area contributed by atoms with Gasteiger partial charge in [0.1, 0.15) is 0 Å². The molecule has 0 amide bonds. The van der Waals surface area contributed by atoms with Crippen LogP contribution in [0, 0.1) is 0 Å². The highest BCUT2D eigenvalue weighted by Crippen LogP contribution is 2.42. The van der Waals surface area contributed by atoms with Crippen LogP contribution in [0.25, 0.3) is 0 Å². The van der Waals surface area contributed by atoms with Gasteiger partial charge in [-0.05, 0) is 52.1 Å². The predicted octanol–water partition coefficient (Wildman–Crippen LogP) is 2.55. The van der Waals surface area contributed by atoms with E-state index in [0.29, 0.717) is 17.7 Å². The molecule has 110 valence electrons. The van der Waals surface area contributed by atoms with Gasteiger partial charge >= 0.3 is 0 Å². The normalized spacial score (nSPS) is 36.5. The molecular weight excluding hydrogens is 236 g/mol. The first-order valence-corrected chi connectivity index (χ1v) is 8.39. The summed E-state index contributed by atoms with van der Waals surface area (Å²) in [6, 6.07) is 0.632. The summed E-state index contributed by atoms with van der Waals surface area (Å²) in [6.07, 6.45) is 11.2. The van der Waals surface area contributed by atoms with Crippen molar-refractivity contribution in [3.63, 3.8) is 0 Å². The molecule has 1 saturated carbocycles. The summed E-state index contributed by atoms with van der Waals surface area (Å²) < 4.78 is 6.51. The number of nitrogens with one attached hydrogen (secondary N) is 1. The third-order valence-electron chi connectivity index (χ3n) is 5.24. The largest absolute Gasteiger partial charge is 0.370 e. The lowest BCUT2D eigenvalue weighted by Gasteiger charge is -2.34. The van der Waals surface area contributed by atoms with Crippen molar-refractivity contribution in [2.45, 2.75) is 76.0 Å². The van der Waals surface area contributed by atoms with Gasteiger partial charge in [0.05, 0.1) is 11.7 Å². The molecular formula is C16H30N2O. The Morgan fingerprint density at radius 3 is 2.84 bits per heavy atom. The summed E-state index contributed by atoms with van der Waals surface area (Å²) in [6.45, 7) is 7.06. The Bertz CT molecular complexity index is 288. The monoisotopic (exact) mass is 266 g/mol. The second-order valence-corrected chi connectivity index (χ2v) is 6.99. The lowest BCUT2D eigenvalue weighted by molar-refractivity contribution is -0.0717. The van der Waals surface area contributed by atoms with Gasteiger partial charge in [-0.3, -0.25) is 4.90 Å². The number of rotatable bonds is 2. The minimum Gasteiger partial charge on any atom is -0.370 e. The Morgan fingerprint density at radius 2 is 2.00 bits per heavy atom. The van der Waals surface area contributed by atoms with Crippen LogP contribution in [0.1, 0.15) is 58.3 Å². The van der Waals surface area contributed by atoms with E-state index in [4.69, 9.17) is 4.74 Å². The van der Waals surface area contributed by atoms with Crippen LogP contribution >= 0.6 is 0 Å². The maximum absolute atomic E-state index is 6.51. The van der Waals surface area contributed by atoms with Crippen molar-refractivity contribution in [3.05, 3.63) is 0 Å². The van der Waals surface area contributed by atoms with Gasteiger partial charge in [0.15, 0.2) is 0 Å². The van der Waals surface area contributed by atoms with E-state index in [1.165, 1.54) is 71.0 Å². The Labute approximate surface area is 118 Å². The molecule has 3 fully saturated rings. The van der Waals surface area contributed by atoms with Crippen molar-refractivity contribution >= 4 is 0 Å². The summed E-state index contributed by atoms with van der Waals surface area (Å²) in [5, 5.41) is 3.57. The van der Waals surface area contributed by atoms with E-state index < -0.39 is 0 Å². The molecule has 0 radical (unpaired) electrons. The van der Waals surface area contributed by atoms with Gasteiger partial charge in [-0.25, -0.2) is 0 Å². The second kappa shape index (κ2) is 6.11. The van der Waals surface area contributed by atoms with Crippen molar-refractivity contribution in [2.24, 2.45) is 0 Å². The Kier molecular flexibility index (Phi) is 4.45. The summed E-state index contributed by atoms with van der Waals surface area (Å²) in [5.74, 6) is 0. The Hall–Kier alpha value is -0.120. The zero-order chi connectivity index (χ0) is 13.1. The number of ether oxygens (including phenoxy) is 1. The van der Waals surface area contributed by atoms with Gasteiger partial charge in [0.2, 0.25) is 0 Å². The highest BCUT2D eigenvalue weighted by Gasteiger charge is 2.41. The maximum atomic E-state index is 6.51. The van der Waals surface area contributed by atoms with Crippen molar-refractivity contribution in [1.82, 2.24) is 10.2 Å². The average molecular weight is 266 g/mol. The molecule has 0 aromatic carbocycles. The van der Waals surface area contributed by atoms with E-state index >= 15 is 0 Å². The summed E-state index contributed by atoms with van der Waals surface area (Å²) in [5.41, 5.74) is 0.290. The van der Waals surface area contributed by atoms with Crippen LogP contribution in [0.5, 0.6) is 0 Å². The molecule has 1 aliphatic carbocycles. The second-order valence-electron chi connectivity index (χ2n) is 6.99. The van der Waals surface area contributed by atoms with E-state index in [1.54, 1.807) is 0 Å². The molecule has 2 saturated heterocycles. The molecule has 3 heteroatoms. The fourth-order valence-electron chi connectivity index (χ4n) is 4.24. The molecule has 0 aromatic heterocycles. The first-order chi connectivity index (χ1) is 9.26. The lowest BCUT2D eigenvalue weighted by Crippen LogP contribution is -2.40. The van der Waals surface area contributed by atoms with Crippen molar-refractivity contribution < 1.29 is 4.74 Å². The summed E-state index contributed by atoms with van der Waals surface area (Å²) in [4.78, 5) is 2.62. The van der Waals surface area contributed by atoms with E-state index in [1.807, 2.05) is 0 Å². The minimum atomic E-state index is 0.290. The SMILES string of the molecule is CC1CN(CC2CCC3(CCCCC3)O2)CCCN1. The van der Waals surface area contributed by atoms with Crippen LogP contribution in [-0.4, -0.2) is 48.8 Å². The van der Waals surface area contributed by atoms with E-state index in [9.17, 15) is 0 Å². The van der Waals surface area contributed by atoms with Crippen molar-refractivity contribution in [3.8, 4) is 0 Å². The van der Waals surface area contributed by atoms with Crippen LogP contribution in [-0.2, 0) is 4.74 Å². The van der Waals surface area contributed by atoms with Crippen LogP contribution in [0.4, 0.5) is 0 Å². The fourth-order valence-corrected chi connectivity index (χ4v) is 4.24. The van der Waals surface area contributed by atoms with Crippen LogP contribution in [0.2, 0.25) is 0 Å². The van der Waals surface area contributed by atoms with Gasteiger partial charge in [-0.1, -0.05) is 19.3 Å². The zero-order valence-electron chi connectivity index (χ0n) is 12.5. The first kappa shape index (κ1) is 13.8. The number of hydrogen-bond donors (Lipinski definition) is 1. The molecule has 3 rings (SSSR count). The highest BCUT2D eigenvalue weighted by atomic mass is 16.5. The first-order valence-electron chi connectivity index (χ1n) is 8.39. The van der Waals surface area contributed by atoms with Crippen LogP contribution in [0.3, 0.4) is 0 Å². The van der Waals surface area contributed by atoms with E-state index in [2.05, 4.69) is 17.1 Å². The zero-order valence-corrected chi connectivity index (χ0v) is 12.5. The van der Waals surface area contributed by atoms with E-state index in [-0.39, 0.29) is 0 Å². The quantitative estimate of drug-likeness (QED) is 0.831. The fraction of sp³-hybridized carbons (Fsp3) is 1.00. The van der Waals surface area contributed by atoms with Crippen LogP contribution in [0.15, 0.2) is 0 Å². The molecule has 0 bridgehead atoms. The Balaban J connectivity index is 1.50. The molecule has 0 aromatic rings. The molecule has 3 aliphatic rings. The number of hydrogen-bond acceptors (Lipinski definition) is 3. The highest BCUT2D eigenvalue weighted by molar-refractivity contribution is 4.92. The summed E-state index contributed by atoms with van der Waals surface area (Å²) >= 11 is 0. The van der Waals surface area contributed by atoms with Gasteiger partial charge < -0.3 is 10.1 Å². The van der Waals surface area contributed by atoms with Gasteiger partial charge in [-0.15, -0.1) is 0 Å². The average Bonchev–Trinajstić information content (AvgIpc) is 2.65. The van der Waals surface area contributed by atoms with Crippen LogP contribution < -0.4 is 5.32 Å². The third-order valence-corrected chi connectivity index (χ3v) is 5.24. The lowest BCUT2D eigenvalue weighted by atomic mass is 9.83. The molecule has 2 atom stereocenters. The maximum Gasteiger partial charge on any atom is 0.0710 e. The molecule has 3 nitrogen and oxygen atoms in total. The Morgan fingerprint density at radius 1 is 1.16 bits per heavy atom. The molecule has 2 unspecified atom stereocenters. The molecule has 2 heterocycles. The van der Waals surface area contributed by atoms with Gasteiger partial charge in [-0.2, -0.15) is 0 Å². The smallest absolute Gasteiger partial charge is 0.0710 e. The third kappa shape index (κ3) is 3.50. The topological polar surface area (TPSA) is 24.5 Å². The molecule has 1 N–H and O–H groups in total. The van der Waals surface area contributed by atoms with E-state index in [0.717, 1.165) is 6.54 Å². The van der Waals surface area contributed by atoms with Gasteiger partial charge in [0.25, 0.3) is 0 Å². The molecule has 19 heavy (non-hydrogen) atoms. The minimum absolute atomic E-state index is 0.290. The standard InChI is InChI=1S/C16H30N2O/c1-14-12-18(11-5-10-17-14)13-15-6-9-16(19-15)7-3-2-4-8-16/h14-15,17H,2-13H2,1H3. The van der Waals surface area contributed by atoms with Crippen molar-refractivity contribution in [2.75, 3.05) is 26.2 Å². The number of nitrogens with zero attached hydrogens (tertiary/aromatic N) is 1.